The predicted octanol–water partition coefficient (Wildman–Crippen LogP) is 3.19. The number of para-hydroxylation sites is 1. The van der Waals surface area contributed by atoms with Crippen molar-refractivity contribution in [3.05, 3.63) is 30.3 Å². The van der Waals surface area contributed by atoms with Gasteiger partial charge in [-0.05, 0) is 31.9 Å². The first-order valence-electron chi connectivity index (χ1n) is 7.72. The summed E-state index contributed by atoms with van der Waals surface area (Å²) in [5.74, 6) is 2.01. The number of benzene rings is 1. The fourth-order valence-electron chi connectivity index (χ4n) is 2.62. The normalized spacial score (nSPS) is 21.6. The Labute approximate surface area is 131 Å². The van der Waals surface area contributed by atoms with Gasteiger partial charge in [0.05, 0.1) is 5.69 Å². The molecule has 0 spiro atoms. The number of rotatable bonds is 2. The Hall–Kier alpha value is -1.49. The van der Waals surface area contributed by atoms with Crippen LogP contribution in [0.3, 0.4) is 0 Å². The minimum atomic E-state index is 0.876. The molecule has 2 saturated heterocycles. The summed E-state index contributed by atoms with van der Waals surface area (Å²) in [6, 6.07) is 10.1. The summed E-state index contributed by atoms with van der Waals surface area (Å²) in [6.45, 7) is 6.44. The van der Waals surface area contributed by atoms with Crippen LogP contribution in [0.2, 0.25) is 0 Å². The topological polar surface area (TPSA) is 31.2 Å². The molecule has 112 valence electrons. The van der Waals surface area contributed by atoms with Gasteiger partial charge in [0.1, 0.15) is 0 Å². The minimum absolute atomic E-state index is 0.876. The highest BCUT2D eigenvalue weighted by molar-refractivity contribution is 8.14. The van der Waals surface area contributed by atoms with Crippen molar-refractivity contribution in [2.75, 3.05) is 31.9 Å². The lowest BCUT2D eigenvalue weighted by molar-refractivity contribution is 0.484. The standard InChI is InChI=1S/C16H22N4S/c1-2-19-12-13-21-16(19)18-15(20-10-6-7-11-20)17-14-8-4-3-5-9-14/h3-5,8-9H,2,6-7,10-13H2,1H3/b17-15-,18-16+. The first-order valence-corrected chi connectivity index (χ1v) is 8.70. The average Bonchev–Trinajstić information content (AvgIpc) is 3.19. The van der Waals surface area contributed by atoms with Crippen LogP contribution in [0.4, 0.5) is 5.69 Å². The van der Waals surface area contributed by atoms with Crippen LogP contribution >= 0.6 is 11.8 Å². The van der Waals surface area contributed by atoms with Crippen molar-refractivity contribution in [3.63, 3.8) is 0 Å². The number of aliphatic imine (C=N–C) groups is 2. The predicted molar refractivity (Wildman–Crippen MR) is 91.5 cm³/mol. The van der Waals surface area contributed by atoms with Crippen LogP contribution in [-0.2, 0) is 0 Å². The second kappa shape index (κ2) is 6.98. The van der Waals surface area contributed by atoms with E-state index in [9.17, 15) is 0 Å². The van der Waals surface area contributed by atoms with E-state index >= 15 is 0 Å². The lowest BCUT2D eigenvalue weighted by Gasteiger charge is -2.19. The SMILES string of the molecule is CCN1CCS/C1=N/C(=N/c1ccccc1)N1CCCC1. The molecule has 5 heteroatoms. The van der Waals surface area contributed by atoms with Gasteiger partial charge in [0.15, 0.2) is 5.17 Å². The smallest absolute Gasteiger partial charge is 0.228 e. The van der Waals surface area contributed by atoms with E-state index in [2.05, 4.69) is 16.7 Å². The van der Waals surface area contributed by atoms with Gasteiger partial charge in [-0.15, -0.1) is 0 Å². The number of nitrogens with zero attached hydrogens (tertiary/aromatic N) is 4. The van der Waals surface area contributed by atoms with E-state index < -0.39 is 0 Å². The fourth-order valence-corrected chi connectivity index (χ4v) is 3.66. The molecule has 0 aliphatic carbocycles. The first-order chi connectivity index (χ1) is 10.4. The van der Waals surface area contributed by atoms with Crippen LogP contribution in [-0.4, -0.2) is 52.9 Å². The van der Waals surface area contributed by atoms with Gasteiger partial charge in [0.2, 0.25) is 5.96 Å². The summed E-state index contributed by atoms with van der Waals surface area (Å²) in [6.07, 6.45) is 2.48. The number of hydrogen-bond donors (Lipinski definition) is 0. The van der Waals surface area contributed by atoms with Crippen molar-refractivity contribution in [3.8, 4) is 0 Å². The third kappa shape index (κ3) is 3.59. The van der Waals surface area contributed by atoms with Crippen molar-refractivity contribution in [1.82, 2.24) is 9.80 Å². The maximum absolute atomic E-state index is 4.89. The summed E-state index contributed by atoms with van der Waals surface area (Å²) in [7, 11) is 0. The Morgan fingerprint density at radius 1 is 1.14 bits per heavy atom. The summed E-state index contributed by atoms with van der Waals surface area (Å²) in [5.41, 5.74) is 0.981. The largest absolute Gasteiger partial charge is 0.351 e. The summed E-state index contributed by atoms with van der Waals surface area (Å²) >= 11 is 1.84. The molecule has 3 rings (SSSR count). The number of guanidine groups is 1. The molecule has 0 unspecified atom stereocenters. The summed E-state index contributed by atoms with van der Waals surface area (Å²) < 4.78 is 0. The number of hydrogen-bond acceptors (Lipinski definition) is 2. The molecular weight excluding hydrogens is 280 g/mol. The van der Waals surface area contributed by atoms with Crippen LogP contribution in [0.25, 0.3) is 0 Å². The van der Waals surface area contributed by atoms with E-state index in [1.807, 2.05) is 42.1 Å². The van der Waals surface area contributed by atoms with Gasteiger partial charge in [-0.1, -0.05) is 30.0 Å². The van der Waals surface area contributed by atoms with Crippen LogP contribution < -0.4 is 0 Å². The second-order valence-electron chi connectivity index (χ2n) is 5.26. The van der Waals surface area contributed by atoms with E-state index in [1.165, 1.54) is 12.8 Å². The Morgan fingerprint density at radius 3 is 2.62 bits per heavy atom. The zero-order chi connectivity index (χ0) is 14.5. The Kier molecular flexibility index (Phi) is 4.80. The van der Waals surface area contributed by atoms with Gasteiger partial charge >= 0.3 is 0 Å². The molecule has 1 aromatic carbocycles. The quantitative estimate of drug-likeness (QED) is 0.621. The van der Waals surface area contributed by atoms with Crippen molar-refractivity contribution in [2.45, 2.75) is 19.8 Å². The highest BCUT2D eigenvalue weighted by Gasteiger charge is 2.21. The van der Waals surface area contributed by atoms with Crippen LogP contribution in [0.1, 0.15) is 19.8 Å². The molecule has 2 aliphatic rings. The Bertz CT molecular complexity index is 520. The molecule has 0 aromatic heterocycles. The molecule has 0 bridgehead atoms. The van der Waals surface area contributed by atoms with E-state index in [0.717, 1.165) is 48.7 Å². The van der Waals surface area contributed by atoms with Gasteiger partial charge in [-0.25, -0.2) is 4.99 Å². The van der Waals surface area contributed by atoms with Crippen LogP contribution in [0, 0.1) is 0 Å². The molecule has 2 aliphatic heterocycles. The molecule has 21 heavy (non-hydrogen) atoms. The Balaban J connectivity index is 1.89. The molecule has 2 heterocycles. The van der Waals surface area contributed by atoms with E-state index in [0.29, 0.717) is 0 Å². The number of amidine groups is 1. The van der Waals surface area contributed by atoms with Crippen molar-refractivity contribution >= 4 is 28.6 Å². The van der Waals surface area contributed by atoms with Crippen molar-refractivity contribution in [1.29, 1.82) is 0 Å². The molecule has 0 N–H and O–H groups in total. The molecular formula is C16H22N4S. The maximum atomic E-state index is 4.89. The monoisotopic (exact) mass is 302 g/mol. The van der Waals surface area contributed by atoms with Gasteiger partial charge in [0, 0.05) is 31.9 Å². The zero-order valence-electron chi connectivity index (χ0n) is 12.5. The third-order valence-electron chi connectivity index (χ3n) is 3.81. The van der Waals surface area contributed by atoms with E-state index in [-0.39, 0.29) is 0 Å². The molecule has 0 amide bonds. The van der Waals surface area contributed by atoms with Crippen molar-refractivity contribution in [2.24, 2.45) is 9.98 Å². The zero-order valence-corrected chi connectivity index (χ0v) is 13.4. The van der Waals surface area contributed by atoms with Crippen LogP contribution in [0.5, 0.6) is 0 Å². The van der Waals surface area contributed by atoms with E-state index in [4.69, 9.17) is 9.98 Å². The number of likely N-dealkylation sites (tertiary alicyclic amines) is 1. The first kappa shape index (κ1) is 14.4. The van der Waals surface area contributed by atoms with Gasteiger partial charge in [0.25, 0.3) is 0 Å². The summed E-state index contributed by atoms with van der Waals surface area (Å²) in [5, 5.41) is 1.12. The van der Waals surface area contributed by atoms with Crippen molar-refractivity contribution < 1.29 is 0 Å². The maximum Gasteiger partial charge on any atom is 0.228 e. The molecule has 0 atom stereocenters. The molecule has 2 fully saturated rings. The lowest BCUT2D eigenvalue weighted by atomic mass is 10.3. The summed E-state index contributed by atoms with van der Waals surface area (Å²) in [4.78, 5) is 14.3. The highest BCUT2D eigenvalue weighted by atomic mass is 32.2. The van der Waals surface area contributed by atoms with E-state index in [1.54, 1.807) is 0 Å². The Morgan fingerprint density at radius 2 is 1.90 bits per heavy atom. The minimum Gasteiger partial charge on any atom is -0.351 e. The van der Waals surface area contributed by atoms with Crippen LogP contribution in [0.15, 0.2) is 40.3 Å². The molecule has 1 aromatic rings. The fraction of sp³-hybridized carbons (Fsp3) is 0.500. The van der Waals surface area contributed by atoms with Gasteiger partial charge < -0.3 is 9.80 Å². The van der Waals surface area contributed by atoms with Gasteiger partial charge in [-0.3, -0.25) is 0 Å². The van der Waals surface area contributed by atoms with Gasteiger partial charge in [-0.2, -0.15) is 4.99 Å². The average molecular weight is 302 g/mol. The lowest BCUT2D eigenvalue weighted by Crippen LogP contribution is -2.30. The molecule has 0 radical (unpaired) electrons. The number of thioether (sulfide) groups is 1. The molecule has 4 nitrogen and oxygen atoms in total. The highest BCUT2D eigenvalue weighted by Crippen LogP contribution is 2.21. The second-order valence-corrected chi connectivity index (χ2v) is 6.33. The molecule has 0 saturated carbocycles. The third-order valence-corrected chi connectivity index (χ3v) is 4.81.